The van der Waals surface area contributed by atoms with E-state index in [9.17, 15) is 18.0 Å². The molecule has 28 heavy (non-hydrogen) atoms. The number of benzene rings is 2. The summed E-state index contributed by atoms with van der Waals surface area (Å²) in [6.45, 7) is 3.21. The molecule has 0 unspecified atom stereocenters. The zero-order valence-electron chi connectivity index (χ0n) is 15.8. The number of hydrogen-bond donors (Lipinski definition) is 2. The van der Waals surface area contributed by atoms with E-state index < -0.39 is 15.9 Å². The molecule has 2 N–H and O–H groups in total. The Balaban J connectivity index is 2.10. The number of anilines is 2. The molecule has 0 aliphatic rings. The normalized spacial score (nSPS) is 11.3. The van der Waals surface area contributed by atoms with Gasteiger partial charge in [0.2, 0.25) is 21.8 Å². The highest BCUT2D eigenvalue weighted by molar-refractivity contribution is 9.10. The Morgan fingerprint density at radius 1 is 1.04 bits per heavy atom. The molecule has 0 spiro atoms. The number of carbonyl (C=O) groups excluding carboxylic acids is 2. The lowest BCUT2D eigenvalue weighted by Crippen LogP contribution is -2.35. The molecule has 0 atom stereocenters. The third-order valence-electron chi connectivity index (χ3n) is 4.00. The van der Waals surface area contributed by atoms with Crippen molar-refractivity contribution in [2.24, 2.45) is 0 Å². The van der Waals surface area contributed by atoms with Gasteiger partial charge < -0.3 is 10.6 Å². The Bertz CT molecular complexity index is 975. The Morgan fingerprint density at radius 3 is 2.29 bits per heavy atom. The predicted molar refractivity (Wildman–Crippen MR) is 113 cm³/mol. The summed E-state index contributed by atoms with van der Waals surface area (Å²) in [6.07, 6.45) is 0.342. The molecule has 2 aromatic rings. The third-order valence-corrected chi connectivity index (χ3v) is 6.35. The maximum absolute atomic E-state index is 12.6. The summed E-state index contributed by atoms with van der Waals surface area (Å²) in [5.41, 5.74) is 1.86. The highest BCUT2D eigenvalue weighted by Crippen LogP contribution is 2.21. The second-order valence-electron chi connectivity index (χ2n) is 6.19. The minimum absolute atomic E-state index is 0.103. The van der Waals surface area contributed by atoms with Crippen molar-refractivity contribution in [3.8, 4) is 0 Å². The molecule has 150 valence electrons. The second-order valence-corrected chi connectivity index (χ2v) is 9.16. The van der Waals surface area contributed by atoms with Crippen molar-refractivity contribution < 1.29 is 18.0 Å². The standard InChI is InChI=1S/C19H22BrN3O4S/c1-4-18(24)21-15-8-5-13(2)17(11-15)22-19(25)12-23(3)28(26,27)16-9-6-14(20)7-10-16/h5-11H,4,12H2,1-3H3,(H,21,24)(H,22,25). The Morgan fingerprint density at radius 2 is 1.68 bits per heavy atom. The monoisotopic (exact) mass is 467 g/mol. The van der Waals surface area contributed by atoms with E-state index in [2.05, 4.69) is 26.6 Å². The Hall–Kier alpha value is -2.23. The highest BCUT2D eigenvalue weighted by Gasteiger charge is 2.23. The molecule has 0 aliphatic heterocycles. The van der Waals surface area contributed by atoms with Crippen molar-refractivity contribution in [2.45, 2.75) is 25.2 Å². The molecule has 0 bridgehead atoms. The Kier molecular flexibility index (Phi) is 7.34. The predicted octanol–water partition coefficient (Wildman–Crippen LogP) is 3.37. The van der Waals surface area contributed by atoms with E-state index in [-0.39, 0.29) is 17.3 Å². The zero-order chi connectivity index (χ0) is 20.9. The summed E-state index contributed by atoms with van der Waals surface area (Å²) in [5, 5.41) is 5.42. The molecule has 0 heterocycles. The van der Waals surface area contributed by atoms with E-state index in [1.165, 1.54) is 19.2 Å². The topological polar surface area (TPSA) is 95.6 Å². The minimum atomic E-state index is -3.79. The fourth-order valence-electron chi connectivity index (χ4n) is 2.35. The van der Waals surface area contributed by atoms with Gasteiger partial charge in [-0.05, 0) is 48.9 Å². The number of likely N-dealkylation sites (N-methyl/N-ethyl adjacent to an activating group) is 1. The molecular formula is C19H22BrN3O4S. The number of aryl methyl sites for hydroxylation is 1. The molecule has 2 amide bonds. The lowest BCUT2D eigenvalue weighted by Gasteiger charge is -2.18. The summed E-state index contributed by atoms with van der Waals surface area (Å²) in [7, 11) is -2.44. The van der Waals surface area contributed by atoms with E-state index in [1.807, 2.05) is 6.92 Å². The number of nitrogens with one attached hydrogen (secondary N) is 2. The summed E-state index contributed by atoms with van der Waals surface area (Å²) in [4.78, 5) is 24.0. The first-order chi connectivity index (χ1) is 13.1. The van der Waals surface area contributed by atoms with Crippen molar-refractivity contribution in [2.75, 3.05) is 24.2 Å². The van der Waals surface area contributed by atoms with E-state index in [1.54, 1.807) is 37.3 Å². The number of amides is 2. The van der Waals surface area contributed by atoms with Gasteiger partial charge in [-0.15, -0.1) is 0 Å². The molecule has 0 saturated heterocycles. The molecule has 0 aromatic heterocycles. The summed E-state index contributed by atoms with van der Waals surface area (Å²) in [5.74, 6) is -0.619. The summed E-state index contributed by atoms with van der Waals surface area (Å²) >= 11 is 3.26. The van der Waals surface area contributed by atoms with E-state index in [0.717, 1.165) is 14.3 Å². The van der Waals surface area contributed by atoms with Crippen LogP contribution < -0.4 is 10.6 Å². The molecule has 0 radical (unpaired) electrons. The van der Waals surface area contributed by atoms with Crippen LogP contribution in [0, 0.1) is 6.92 Å². The van der Waals surface area contributed by atoms with Gasteiger partial charge in [-0.25, -0.2) is 8.42 Å². The van der Waals surface area contributed by atoms with Crippen molar-refractivity contribution in [3.63, 3.8) is 0 Å². The zero-order valence-corrected chi connectivity index (χ0v) is 18.2. The van der Waals surface area contributed by atoms with E-state index in [4.69, 9.17) is 0 Å². The van der Waals surface area contributed by atoms with Crippen molar-refractivity contribution in [1.82, 2.24) is 4.31 Å². The van der Waals surface area contributed by atoms with Crippen molar-refractivity contribution in [3.05, 3.63) is 52.5 Å². The lowest BCUT2D eigenvalue weighted by molar-refractivity contribution is -0.116. The molecule has 0 aliphatic carbocycles. The first kappa shape index (κ1) is 22.1. The lowest BCUT2D eigenvalue weighted by atomic mass is 10.1. The minimum Gasteiger partial charge on any atom is -0.326 e. The first-order valence-electron chi connectivity index (χ1n) is 8.55. The number of hydrogen-bond acceptors (Lipinski definition) is 4. The highest BCUT2D eigenvalue weighted by atomic mass is 79.9. The number of rotatable bonds is 7. The number of nitrogens with zero attached hydrogens (tertiary/aromatic N) is 1. The molecule has 0 fully saturated rings. The largest absolute Gasteiger partial charge is 0.326 e. The fraction of sp³-hybridized carbons (Fsp3) is 0.263. The number of sulfonamides is 1. The van der Waals surface area contributed by atoms with Crippen LogP contribution in [0.5, 0.6) is 0 Å². The van der Waals surface area contributed by atoms with Crippen LogP contribution >= 0.6 is 15.9 Å². The van der Waals surface area contributed by atoms with Gasteiger partial charge >= 0.3 is 0 Å². The average Bonchev–Trinajstić information content (AvgIpc) is 2.64. The van der Waals surface area contributed by atoms with Crippen LogP contribution in [0.1, 0.15) is 18.9 Å². The van der Waals surface area contributed by atoms with Gasteiger partial charge in [-0.3, -0.25) is 9.59 Å². The van der Waals surface area contributed by atoms with Crippen LogP contribution in [0.2, 0.25) is 0 Å². The van der Waals surface area contributed by atoms with Gasteiger partial charge in [0, 0.05) is 29.3 Å². The van der Waals surface area contributed by atoms with Crippen LogP contribution in [0.3, 0.4) is 0 Å². The van der Waals surface area contributed by atoms with Crippen LogP contribution in [0.4, 0.5) is 11.4 Å². The van der Waals surface area contributed by atoms with Gasteiger partial charge in [0.05, 0.1) is 11.4 Å². The molecule has 2 rings (SSSR count). The van der Waals surface area contributed by atoms with Crippen LogP contribution in [0.15, 0.2) is 51.8 Å². The van der Waals surface area contributed by atoms with Crippen LogP contribution in [0.25, 0.3) is 0 Å². The van der Waals surface area contributed by atoms with Crippen molar-refractivity contribution >= 4 is 49.1 Å². The van der Waals surface area contributed by atoms with Gasteiger partial charge in [0.25, 0.3) is 0 Å². The Labute approximate surface area is 173 Å². The smallest absolute Gasteiger partial charge is 0.243 e. The van der Waals surface area contributed by atoms with E-state index >= 15 is 0 Å². The quantitative estimate of drug-likeness (QED) is 0.652. The second kappa shape index (κ2) is 9.31. The van der Waals surface area contributed by atoms with Gasteiger partial charge in [0.15, 0.2) is 0 Å². The SMILES string of the molecule is CCC(=O)Nc1ccc(C)c(NC(=O)CN(C)S(=O)(=O)c2ccc(Br)cc2)c1. The number of halogens is 1. The maximum Gasteiger partial charge on any atom is 0.243 e. The third kappa shape index (κ3) is 5.63. The molecule has 7 nitrogen and oxygen atoms in total. The molecule has 9 heteroatoms. The average molecular weight is 468 g/mol. The fourth-order valence-corrected chi connectivity index (χ4v) is 3.74. The summed E-state index contributed by atoms with van der Waals surface area (Å²) in [6, 6.07) is 11.3. The maximum atomic E-state index is 12.6. The van der Waals surface area contributed by atoms with Gasteiger partial charge in [0.1, 0.15) is 0 Å². The summed E-state index contributed by atoms with van der Waals surface area (Å²) < 4.78 is 26.9. The molecular weight excluding hydrogens is 446 g/mol. The first-order valence-corrected chi connectivity index (χ1v) is 10.8. The number of carbonyl (C=O) groups is 2. The van der Waals surface area contributed by atoms with E-state index in [0.29, 0.717) is 17.8 Å². The van der Waals surface area contributed by atoms with Crippen LogP contribution in [-0.4, -0.2) is 38.1 Å². The van der Waals surface area contributed by atoms with Crippen LogP contribution in [-0.2, 0) is 19.6 Å². The molecule has 2 aromatic carbocycles. The molecule has 0 saturated carbocycles. The van der Waals surface area contributed by atoms with Crippen molar-refractivity contribution in [1.29, 1.82) is 0 Å². The van der Waals surface area contributed by atoms with Gasteiger partial charge in [-0.1, -0.05) is 28.9 Å². The van der Waals surface area contributed by atoms with Gasteiger partial charge in [-0.2, -0.15) is 4.31 Å².